The molecule has 0 saturated carbocycles. The van der Waals surface area contributed by atoms with Crippen LogP contribution in [-0.2, 0) is 5.60 Å². The van der Waals surface area contributed by atoms with E-state index in [2.05, 4.69) is 0 Å². The zero-order chi connectivity index (χ0) is 17.3. The van der Waals surface area contributed by atoms with Gasteiger partial charge in [-0.1, -0.05) is 19.9 Å². The van der Waals surface area contributed by atoms with Gasteiger partial charge < -0.3 is 20.3 Å². The molecular weight excluding hydrogens is 303 g/mol. The number of benzene rings is 1. The minimum atomic E-state index is -4.95. The minimum Gasteiger partial charge on any atom is -0.530 e. The molecule has 0 aliphatic heterocycles. The highest BCUT2D eigenvalue weighted by molar-refractivity contribution is 6.04. The Balaban J connectivity index is 3.46. The van der Waals surface area contributed by atoms with Gasteiger partial charge in [-0.3, -0.25) is 4.79 Å². The van der Waals surface area contributed by atoms with E-state index in [0.717, 1.165) is 18.2 Å². The Labute approximate surface area is 124 Å². The van der Waals surface area contributed by atoms with Crippen LogP contribution in [0.5, 0.6) is 0 Å². The lowest BCUT2D eigenvalue weighted by atomic mass is 9.90. The number of amides is 1. The van der Waals surface area contributed by atoms with Gasteiger partial charge in [0.25, 0.3) is 0 Å². The van der Waals surface area contributed by atoms with Gasteiger partial charge in [-0.15, -0.1) is 0 Å². The van der Waals surface area contributed by atoms with E-state index in [1.165, 1.54) is 13.8 Å². The van der Waals surface area contributed by atoms with E-state index in [9.17, 15) is 33.0 Å². The van der Waals surface area contributed by atoms with Crippen molar-refractivity contribution in [2.75, 3.05) is 5.32 Å². The summed E-state index contributed by atoms with van der Waals surface area (Å²) in [4.78, 5) is 22.7. The van der Waals surface area contributed by atoms with E-state index in [-0.39, 0.29) is 11.3 Å². The van der Waals surface area contributed by atoms with Crippen LogP contribution in [0.3, 0.4) is 0 Å². The smallest absolute Gasteiger partial charge is 0.421 e. The third kappa shape index (κ3) is 3.56. The van der Waals surface area contributed by atoms with Crippen molar-refractivity contribution in [2.45, 2.75) is 32.5 Å². The van der Waals surface area contributed by atoms with Gasteiger partial charge in [-0.25, -0.2) is 0 Å². The fourth-order valence-corrected chi connectivity index (χ4v) is 1.74. The summed E-state index contributed by atoms with van der Waals surface area (Å²) in [5, 5.41) is 22.1. The highest BCUT2D eigenvalue weighted by Gasteiger charge is 2.51. The first-order valence-corrected chi connectivity index (χ1v) is 6.33. The van der Waals surface area contributed by atoms with Gasteiger partial charge in [0.05, 0.1) is 5.69 Å². The number of anilines is 1. The average Bonchev–Trinajstić information content (AvgIpc) is 2.35. The summed E-state index contributed by atoms with van der Waals surface area (Å²) in [7, 11) is 0. The number of aliphatic hydroxyl groups is 1. The molecule has 0 fully saturated rings. The molecule has 122 valence electrons. The second kappa shape index (κ2) is 5.96. The molecule has 1 aromatic rings. The number of hydrogen-bond donors (Lipinski definition) is 2. The number of carbonyl (C=O) groups excluding carboxylic acids is 2. The third-order valence-corrected chi connectivity index (χ3v) is 3.16. The molecule has 0 aliphatic carbocycles. The minimum absolute atomic E-state index is 0.194. The quantitative estimate of drug-likeness (QED) is 0.832. The summed E-state index contributed by atoms with van der Waals surface area (Å²) in [6.45, 7) is 3.58. The Kier molecular flexibility index (Phi) is 4.86. The van der Waals surface area contributed by atoms with E-state index in [1.54, 1.807) is 0 Å². The molecule has 8 heteroatoms. The van der Waals surface area contributed by atoms with Crippen molar-refractivity contribution in [1.29, 1.82) is 0 Å². The van der Waals surface area contributed by atoms with Crippen molar-refractivity contribution in [1.82, 2.24) is 0 Å². The van der Waals surface area contributed by atoms with Crippen molar-refractivity contribution in [3.8, 4) is 0 Å². The van der Waals surface area contributed by atoms with E-state index in [4.69, 9.17) is 0 Å². The third-order valence-electron chi connectivity index (χ3n) is 3.16. The van der Waals surface area contributed by atoms with Gasteiger partial charge in [-0.05, 0) is 24.6 Å². The number of ketones is 1. The molecule has 0 bridgehead atoms. The Morgan fingerprint density at radius 2 is 1.82 bits per heavy atom. The van der Waals surface area contributed by atoms with Gasteiger partial charge in [0.1, 0.15) is 6.09 Å². The molecule has 0 radical (unpaired) electrons. The molecule has 1 aromatic carbocycles. The van der Waals surface area contributed by atoms with E-state index in [0.29, 0.717) is 6.92 Å². The number of rotatable bonds is 4. The van der Waals surface area contributed by atoms with Crippen molar-refractivity contribution in [3.05, 3.63) is 29.3 Å². The van der Waals surface area contributed by atoms with Crippen LogP contribution >= 0.6 is 0 Å². The van der Waals surface area contributed by atoms with Gasteiger partial charge in [0.2, 0.25) is 0 Å². The van der Waals surface area contributed by atoms with Gasteiger partial charge in [-0.2, -0.15) is 13.2 Å². The first-order valence-electron chi connectivity index (χ1n) is 6.33. The largest absolute Gasteiger partial charge is 0.530 e. The second-order valence-corrected chi connectivity index (χ2v) is 5.26. The van der Waals surface area contributed by atoms with Gasteiger partial charge in [0.15, 0.2) is 11.4 Å². The monoisotopic (exact) mass is 318 g/mol. The lowest BCUT2D eigenvalue weighted by Gasteiger charge is -2.27. The zero-order valence-corrected chi connectivity index (χ0v) is 12.1. The van der Waals surface area contributed by atoms with Crippen molar-refractivity contribution in [2.24, 2.45) is 5.92 Å². The van der Waals surface area contributed by atoms with Crippen LogP contribution in [-0.4, -0.2) is 23.2 Å². The molecule has 22 heavy (non-hydrogen) atoms. The maximum atomic E-state index is 12.9. The zero-order valence-electron chi connectivity index (χ0n) is 12.1. The summed E-state index contributed by atoms with van der Waals surface area (Å²) < 4.78 is 38.6. The molecule has 1 atom stereocenters. The molecule has 0 unspecified atom stereocenters. The van der Waals surface area contributed by atoms with E-state index < -0.39 is 35.1 Å². The Hall–Kier alpha value is -2.09. The molecule has 1 rings (SSSR count). The second-order valence-electron chi connectivity index (χ2n) is 5.26. The normalized spacial score (nSPS) is 14.5. The fourth-order valence-electron chi connectivity index (χ4n) is 1.74. The number of Topliss-reactive ketones (excluding diaryl/α,β-unsaturated/α-hetero) is 1. The molecule has 5 nitrogen and oxygen atoms in total. The van der Waals surface area contributed by atoms with Crippen LogP contribution in [0, 0.1) is 5.92 Å². The highest BCUT2D eigenvalue weighted by atomic mass is 19.4. The fraction of sp³-hybridized carbons (Fsp3) is 0.429. The molecule has 1 amide bonds. The summed E-state index contributed by atoms with van der Waals surface area (Å²) in [6, 6.07) is 2.72. The lowest BCUT2D eigenvalue weighted by molar-refractivity contribution is -0.258. The maximum Gasteiger partial charge on any atom is 0.421 e. The number of nitrogens with one attached hydrogen (secondary N) is 1. The topological polar surface area (TPSA) is 89.5 Å². The van der Waals surface area contributed by atoms with Crippen LogP contribution in [0.4, 0.5) is 23.7 Å². The SMILES string of the molecule is CC(C)C(=O)c1cc([C@](C)(O)C(F)(F)F)ccc1NC(=O)[O-]. The van der Waals surface area contributed by atoms with Crippen molar-refractivity contribution >= 4 is 17.6 Å². The lowest BCUT2D eigenvalue weighted by Crippen LogP contribution is -2.39. The average molecular weight is 318 g/mol. The molecule has 0 spiro atoms. The Bertz CT molecular complexity index is 594. The molecule has 2 N–H and O–H groups in total. The summed E-state index contributed by atoms with van der Waals surface area (Å²) in [5.41, 5.74) is -4.19. The van der Waals surface area contributed by atoms with Crippen LogP contribution in [0.15, 0.2) is 18.2 Å². The summed E-state index contributed by atoms with van der Waals surface area (Å²) in [6.07, 6.45) is -6.65. The van der Waals surface area contributed by atoms with Gasteiger partial charge >= 0.3 is 6.18 Å². The number of carboxylic acid groups (broad SMARTS) is 1. The van der Waals surface area contributed by atoms with E-state index in [1.807, 2.05) is 5.32 Å². The number of hydrogen-bond acceptors (Lipinski definition) is 4. The first kappa shape index (κ1) is 18.0. The number of halogens is 3. The Morgan fingerprint density at radius 3 is 2.23 bits per heavy atom. The standard InChI is InChI=1S/C14H16F3NO4/c1-7(2)11(19)9-6-8(13(3,22)14(15,16)17)4-5-10(9)18-12(20)21/h4-7,18,22H,1-3H3,(H,20,21)/p-1/t13-/m0/s1. The van der Waals surface area contributed by atoms with Gasteiger partial charge in [0, 0.05) is 11.5 Å². The summed E-state index contributed by atoms with van der Waals surface area (Å²) in [5.74, 6) is -1.14. The molecule has 0 aromatic heterocycles. The van der Waals surface area contributed by atoms with Crippen LogP contribution in [0.2, 0.25) is 0 Å². The number of carbonyl (C=O) groups is 2. The summed E-state index contributed by atoms with van der Waals surface area (Å²) >= 11 is 0. The van der Waals surface area contributed by atoms with Crippen molar-refractivity contribution in [3.63, 3.8) is 0 Å². The van der Waals surface area contributed by atoms with Crippen LogP contribution < -0.4 is 10.4 Å². The maximum absolute atomic E-state index is 12.9. The Morgan fingerprint density at radius 1 is 1.27 bits per heavy atom. The molecule has 0 heterocycles. The highest BCUT2D eigenvalue weighted by Crippen LogP contribution is 2.39. The molecular formula is C14H15F3NO4-. The predicted molar refractivity (Wildman–Crippen MR) is 70.3 cm³/mol. The first-order chi connectivity index (χ1) is 9.87. The number of alkyl halides is 3. The van der Waals surface area contributed by atoms with Crippen LogP contribution in [0.1, 0.15) is 36.7 Å². The van der Waals surface area contributed by atoms with Crippen LogP contribution in [0.25, 0.3) is 0 Å². The molecule has 0 aliphatic rings. The van der Waals surface area contributed by atoms with E-state index >= 15 is 0 Å². The van der Waals surface area contributed by atoms with Crippen molar-refractivity contribution < 1.29 is 33.0 Å². The predicted octanol–water partition coefficient (Wildman–Crippen LogP) is 2.05. The molecule has 0 saturated heterocycles.